The number of benzene rings is 1. The first-order chi connectivity index (χ1) is 19.8. The van der Waals surface area contributed by atoms with Crippen LogP contribution in [0.15, 0.2) is 24.3 Å². The molecule has 2 saturated heterocycles. The maximum Gasteiger partial charge on any atom is 0.269 e. The minimum absolute atomic E-state index is 0.00134. The molecule has 1 aromatic carbocycles. The van der Waals surface area contributed by atoms with Gasteiger partial charge in [-0.25, -0.2) is 0 Å². The van der Waals surface area contributed by atoms with Crippen molar-refractivity contribution in [2.45, 2.75) is 58.8 Å². The second kappa shape index (κ2) is 12.7. The van der Waals surface area contributed by atoms with E-state index in [1.54, 1.807) is 45.7 Å². The molecule has 3 aliphatic heterocycles. The number of rotatable bonds is 8. The highest BCUT2D eigenvalue weighted by atomic mass is 16.6. The lowest BCUT2D eigenvalue weighted by Crippen LogP contribution is -2.50. The number of nitrogens with one attached hydrogen (secondary N) is 1. The molecule has 0 bridgehead atoms. The SMILES string of the molecule is CCn1nc(CCCOC(O)c2ccc(C(=O)N3CCN(C(C)=O)CC3)cc2)c2c1C(=O)NCC1(CCOCC1)C2. The molecule has 222 valence electrons. The molecule has 2 aromatic rings. The summed E-state index contributed by atoms with van der Waals surface area (Å²) in [6, 6.07) is 6.81. The molecular formula is C30H41N5O6. The fourth-order valence-electron chi connectivity index (χ4n) is 6.09. The van der Waals surface area contributed by atoms with Gasteiger partial charge in [-0.05, 0) is 56.6 Å². The number of carbonyl (C=O) groups is 3. The minimum atomic E-state index is -1.11. The molecular weight excluding hydrogens is 526 g/mol. The second-order valence-electron chi connectivity index (χ2n) is 11.3. The van der Waals surface area contributed by atoms with Crippen molar-refractivity contribution in [1.29, 1.82) is 0 Å². The molecule has 11 nitrogen and oxygen atoms in total. The van der Waals surface area contributed by atoms with Crippen molar-refractivity contribution in [3.8, 4) is 0 Å². The molecule has 4 heterocycles. The van der Waals surface area contributed by atoms with Gasteiger partial charge in [0.2, 0.25) is 5.91 Å². The van der Waals surface area contributed by atoms with Gasteiger partial charge in [-0.1, -0.05) is 12.1 Å². The molecule has 3 aliphatic rings. The minimum Gasteiger partial charge on any atom is -0.381 e. The van der Waals surface area contributed by atoms with E-state index in [9.17, 15) is 19.5 Å². The molecule has 0 aliphatic carbocycles. The maximum absolute atomic E-state index is 13.0. The van der Waals surface area contributed by atoms with E-state index in [1.807, 2.05) is 6.92 Å². The largest absolute Gasteiger partial charge is 0.381 e. The van der Waals surface area contributed by atoms with Crippen molar-refractivity contribution < 1.29 is 29.0 Å². The molecule has 3 amide bonds. The van der Waals surface area contributed by atoms with E-state index in [4.69, 9.17) is 14.6 Å². The van der Waals surface area contributed by atoms with Crippen LogP contribution >= 0.6 is 0 Å². The molecule has 41 heavy (non-hydrogen) atoms. The Morgan fingerprint density at radius 3 is 2.46 bits per heavy atom. The summed E-state index contributed by atoms with van der Waals surface area (Å²) in [4.78, 5) is 40.9. The standard InChI is InChI=1S/C30H41N5O6/c1-3-35-26-24(19-30(20-31-27(26)37)10-17-40-18-11-30)25(32-35)5-4-16-41-29(39)23-8-6-22(7-9-23)28(38)34-14-12-33(13-15-34)21(2)36/h6-9,29,39H,3-5,10-20H2,1-2H3,(H,31,37). The average Bonchev–Trinajstić information content (AvgIpc) is 3.27. The number of carbonyl (C=O) groups excluding carboxylic acids is 3. The number of hydrogen-bond donors (Lipinski definition) is 2. The first-order valence-corrected chi connectivity index (χ1v) is 14.7. The summed E-state index contributed by atoms with van der Waals surface area (Å²) in [6.45, 7) is 8.64. The number of hydrogen-bond acceptors (Lipinski definition) is 7. The monoisotopic (exact) mass is 567 g/mol. The number of aliphatic hydroxyl groups is 1. The van der Waals surface area contributed by atoms with E-state index in [0.29, 0.717) is 88.8 Å². The lowest BCUT2D eigenvalue weighted by atomic mass is 9.75. The highest BCUT2D eigenvalue weighted by Gasteiger charge is 2.39. The van der Waals surface area contributed by atoms with Gasteiger partial charge >= 0.3 is 0 Å². The van der Waals surface area contributed by atoms with Gasteiger partial charge in [-0.15, -0.1) is 0 Å². The number of aryl methyl sites for hydroxylation is 2. The lowest BCUT2D eigenvalue weighted by Gasteiger charge is -2.36. The Bertz CT molecular complexity index is 1240. The Kier molecular flexibility index (Phi) is 9.06. The highest BCUT2D eigenvalue weighted by molar-refractivity contribution is 5.95. The Hall–Kier alpha value is -3.28. The van der Waals surface area contributed by atoms with Crippen molar-refractivity contribution in [3.05, 3.63) is 52.3 Å². The summed E-state index contributed by atoms with van der Waals surface area (Å²) in [7, 11) is 0. The molecule has 2 fully saturated rings. The zero-order chi connectivity index (χ0) is 29.0. The van der Waals surface area contributed by atoms with Gasteiger partial charge < -0.3 is 29.7 Å². The topological polar surface area (TPSA) is 126 Å². The van der Waals surface area contributed by atoms with Crippen LogP contribution in [0.3, 0.4) is 0 Å². The van der Waals surface area contributed by atoms with E-state index >= 15 is 0 Å². The van der Waals surface area contributed by atoms with Crippen molar-refractivity contribution >= 4 is 17.7 Å². The van der Waals surface area contributed by atoms with Gasteiger partial charge in [0.05, 0.1) is 12.3 Å². The van der Waals surface area contributed by atoms with Crippen LogP contribution in [0.2, 0.25) is 0 Å². The second-order valence-corrected chi connectivity index (χ2v) is 11.3. The zero-order valence-electron chi connectivity index (χ0n) is 24.1. The molecule has 0 radical (unpaired) electrons. The summed E-state index contributed by atoms with van der Waals surface area (Å²) in [5.74, 6) is -0.121. The third kappa shape index (κ3) is 6.47. The smallest absolute Gasteiger partial charge is 0.269 e. The third-order valence-corrected chi connectivity index (χ3v) is 8.67. The molecule has 11 heteroatoms. The Labute approximate surface area is 240 Å². The van der Waals surface area contributed by atoms with Gasteiger partial charge in [-0.3, -0.25) is 19.1 Å². The molecule has 1 unspecified atom stereocenters. The number of aliphatic hydroxyl groups excluding tert-OH is 1. The Morgan fingerprint density at radius 2 is 1.80 bits per heavy atom. The molecule has 0 saturated carbocycles. The van der Waals surface area contributed by atoms with Gasteiger partial charge in [0.1, 0.15) is 5.69 Å². The Morgan fingerprint density at radius 1 is 1.12 bits per heavy atom. The Balaban J connectivity index is 1.15. The van der Waals surface area contributed by atoms with Gasteiger partial charge in [-0.2, -0.15) is 5.10 Å². The third-order valence-electron chi connectivity index (χ3n) is 8.67. The highest BCUT2D eigenvalue weighted by Crippen LogP contribution is 2.38. The number of ether oxygens (including phenoxy) is 2. The van der Waals surface area contributed by atoms with Gasteiger partial charge in [0, 0.05) is 76.1 Å². The summed E-state index contributed by atoms with van der Waals surface area (Å²) in [5, 5.41) is 18.5. The summed E-state index contributed by atoms with van der Waals surface area (Å²) in [6.07, 6.45) is 2.82. The average molecular weight is 568 g/mol. The number of piperazine rings is 1. The van der Waals surface area contributed by atoms with Crippen LogP contribution in [0, 0.1) is 5.41 Å². The summed E-state index contributed by atoms with van der Waals surface area (Å²) < 4.78 is 13.1. The van der Waals surface area contributed by atoms with Crippen LogP contribution in [0.1, 0.15) is 77.1 Å². The van der Waals surface area contributed by atoms with Crippen molar-refractivity contribution in [3.63, 3.8) is 0 Å². The van der Waals surface area contributed by atoms with E-state index < -0.39 is 6.29 Å². The molecule has 1 aromatic heterocycles. The van der Waals surface area contributed by atoms with Crippen LogP contribution in [0.5, 0.6) is 0 Å². The summed E-state index contributed by atoms with van der Waals surface area (Å²) in [5.41, 5.74) is 3.74. The quantitative estimate of drug-likeness (QED) is 0.369. The van der Waals surface area contributed by atoms with E-state index in [1.165, 1.54) is 0 Å². The van der Waals surface area contributed by atoms with Crippen LogP contribution in [0.25, 0.3) is 0 Å². The van der Waals surface area contributed by atoms with E-state index in [-0.39, 0.29) is 23.1 Å². The van der Waals surface area contributed by atoms with Crippen LogP contribution in [-0.4, -0.2) is 95.0 Å². The zero-order valence-corrected chi connectivity index (χ0v) is 24.1. The predicted octanol–water partition coefficient (Wildman–Crippen LogP) is 1.93. The maximum atomic E-state index is 13.0. The number of aromatic nitrogens is 2. The molecule has 1 spiro atoms. The molecule has 1 atom stereocenters. The van der Waals surface area contributed by atoms with Crippen LogP contribution in [-0.2, 0) is 33.7 Å². The van der Waals surface area contributed by atoms with Crippen molar-refractivity contribution in [1.82, 2.24) is 24.9 Å². The van der Waals surface area contributed by atoms with Crippen LogP contribution < -0.4 is 5.32 Å². The van der Waals surface area contributed by atoms with E-state index in [2.05, 4.69) is 5.32 Å². The van der Waals surface area contributed by atoms with Gasteiger partial charge in [0.15, 0.2) is 6.29 Å². The van der Waals surface area contributed by atoms with Gasteiger partial charge in [0.25, 0.3) is 11.8 Å². The fourth-order valence-corrected chi connectivity index (χ4v) is 6.09. The lowest BCUT2D eigenvalue weighted by molar-refractivity contribution is -0.130. The number of fused-ring (bicyclic) bond motifs is 1. The number of amides is 3. The summed E-state index contributed by atoms with van der Waals surface area (Å²) >= 11 is 0. The predicted molar refractivity (Wildman–Crippen MR) is 150 cm³/mol. The van der Waals surface area contributed by atoms with Crippen molar-refractivity contribution in [2.24, 2.45) is 5.41 Å². The molecule has 2 N–H and O–H groups in total. The van der Waals surface area contributed by atoms with Crippen LogP contribution in [0.4, 0.5) is 0 Å². The first kappa shape index (κ1) is 29.2. The fraction of sp³-hybridized carbons (Fsp3) is 0.600. The normalized spacial score (nSPS) is 19.4. The molecule has 5 rings (SSSR count). The van der Waals surface area contributed by atoms with Crippen molar-refractivity contribution in [2.75, 3.05) is 52.5 Å². The van der Waals surface area contributed by atoms with E-state index in [0.717, 1.165) is 30.5 Å². The first-order valence-electron chi connectivity index (χ1n) is 14.7. The number of nitrogens with zero attached hydrogens (tertiary/aromatic N) is 4.